The minimum Gasteiger partial charge on any atom is -0.507 e. The van der Waals surface area contributed by atoms with Crippen LogP contribution in [0.15, 0.2) is 59.7 Å². The summed E-state index contributed by atoms with van der Waals surface area (Å²) >= 11 is 0. The number of hydrazone groups is 1. The van der Waals surface area contributed by atoms with Gasteiger partial charge in [-0.25, -0.2) is 5.43 Å². The number of carbonyl (C=O) groups excluding carboxylic acids is 1. The van der Waals surface area contributed by atoms with Crippen LogP contribution in [0.25, 0.3) is 0 Å². The first-order chi connectivity index (χ1) is 9.27. The van der Waals surface area contributed by atoms with Crippen molar-refractivity contribution in [2.75, 3.05) is 0 Å². The lowest BCUT2D eigenvalue weighted by Gasteiger charge is -2.01. The number of nitrogens with zero attached hydrogens (tertiary/aromatic N) is 1. The quantitative estimate of drug-likeness (QED) is 0.650. The second-order valence-electron chi connectivity index (χ2n) is 3.96. The van der Waals surface area contributed by atoms with Gasteiger partial charge in [-0.1, -0.05) is 42.5 Å². The normalized spacial score (nSPS) is 10.5. The lowest BCUT2D eigenvalue weighted by atomic mass is 10.2. The largest absolute Gasteiger partial charge is 0.507 e. The highest BCUT2D eigenvalue weighted by molar-refractivity contribution is 5.96. The van der Waals surface area contributed by atoms with Crippen molar-refractivity contribution in [3.63, 3.8) is 0 Å². The zero-order chi connectivity index (χ0) is 13.5. The van der Waals surface area contributed by atoms with Crippen molar-refractivity contribution in [3.05, 3.63) is 65.7 Å². The average molecular weight is 254 g/mol. The van der Waals surface area contributed by atoms with Gasteiger partial charge in [0.2, 0.25) is 0 Å². The lowest BCUT2D eigenvalue weighted by molar-refractivity contribution is 0.0952. The third-order valence-electron chi connectivity index (χ3n) is 2.58. The summed E-state index contributed by atoms with van der Waals surface area (Å²) in [4.78, 5) is 11.7. The smallest absolute Gasteiger partial charge is 0.275 e. The van der Waals surface area contributed by atoms with Gasteiger partial charge < -0.3 is 5.11 Å². The zero-order valence-electron chi connectivity index (χ0n) is 10.3. The highest BCUT2D eigenvalue weighted by Crippen LogP contribution is 2.14. The fourth-order valence-electron chi connectivity index (χ4n) is 1.60. The molecule has 0 spiro atoms. The van der Waals surface area contributed by atoms with Gasteiger partial charge in [-0.3, -0.25) is 4.79 Å². The molecule has 1 amide bonds. The number of hydrogen-bond acceptors (Lipinski definition) is 3. The van der Waals surface area contributed by atoms with Gasteiger partial charge >= 0.3 is 0 Å². The molecule has 0 heterocycles. The van der Waals surface area contributed by atoms with Crippen LogP contribution in [0.1, 0.15) is 15.9 Å². The molecule has 0 aliphatic rings. The highest BCUT2D eigenvalue weighted by atomic mass is 16.3. The Labute approximate surface area is 111 Å². The van der Waals surface area contributed by atoms with Crippen LogP contribution in [-0.2, 0) is 6.42 Å². The molecule has 4 heteroatoms. The molecule has 0 aliphatic heterocycles. The number of phenolic OH excluding ortho intramolecular Hbond substituents is 1. The van der Waals surface area contributed by atoms with E-state index in [2.05, 4.69) is 10.5 Å². The number of amides is 1. The molecule has 0 aliphatic carbocycles. The summed E-state index contributed by atoms with van der Waals surface area (Å²) < 4.78 is 0. The molecule has 0 saturated carbocycles. The Morgan fingerprint density at radius 2 is 1.79 bits per heavy atom. The monoisotopic (exact) mass is 254 g/mol. The van der Waals surface area contributed by atoms with Gasteiger partial charge in [0.1, 0.15) is 5.75 Å². The predicted molar refractivity (Wildman–Crippen MR) is 74.2 cm³/mol. The number of para-hydroxylation sites is 1. The van der Waals surface area contributed by atoms with E-state index in [4.69, 9.17) is 0 Å². The Morgan fingerprint density at radius 1 is 1.11 bits per heavy atom. The van der Waals surface area contributed by atoms with Gasteiger partial charge in [-0.15, -0.1) is 0 Å². The maximum atomic E-state index is 11.7. The van der Waals surface area contributed by atoms with E-state index in [-0.39, 0.29) is 11.3 Å². The molecule has 2 aromatic carbocycles. The van der Waals surface area contributed by atoms with Crippen molar-refractivity contribution in [2.24, 2.45) is 5.10 Å². The van der Waals surface area contributed by atoms with Crippen LogP contribution in [0.4, 0.5) is 0 Å². The number of aromatic hydroxyl groups is 1. The van der Waals surface area contributed by atoms with Crippen molar-refractivity contribution in [2.45, 2.75) is 6.42 Å². The van der Waals surface area contributed by atoms with Crippen molar-refractivity contribution in [3.8, 4) is 5.75 Å². The van der Waals surface area contributed by atoms with Gasteiger partial charge in [0.15, 0.2) is 0 Å². The van der Waals surface area contributed by atoms with Gasteiger partial charge in [0.05, 0.1) is 5.56 Å². The van der Waals surface area contributed by atoms with Crippen LogP contribution < -0.4 is 5.43 Å². The van der Waals surface area contributed by atoms with Gasteiger partial charge in [0.25, 0.3) is 5.91 Å². The molecule has 2 N–H and O–H groups in total. The van der Waals surface area contributed by atoms with Gasteiger partial charge in [-0.05, 0) is 17.7 Å². The lowest BCUT2D eigenvalue weighted by Crippen LogP contribution is -2.17. The topological polar surface area (TPSA) is 61.7 Å². The molecule has 96 valence electrons. The van der Waals surface area contributed by atoms with Crippen molar-refractivity contribution < 1.29 is 9.90 Å². The minimum atomic E-state index is -0.428. The number of phenols is 1. The summed E-state index contributed by atoms with van der Waals surface area (Å²) in [6.45, 7) is 0. The fourth-order valence-corrected chi connectivity index (χ4v) is 1.60. The average Bonchev–Trinajstić information content (AvgIpc) is 2.45. The van der Waals surface area contributed by atoms with Gasteiger partial charge in [0, 0.05) is 12.6 Å². The summed E-state index contributed by atoms with van der Waals surface area (Å²) in [6.07, 6.45) is 2.26. The highest BCUT2D eigenvalue weighted by Gasteiger charge is 2.08. The molecule has 0 radical (unpaired) electrons. The SMILES string of the molecule is O=C(NN=CCc1ccccc1)c1ccccc1O. The van der Waals surface area contributed by atoms with E-state index < -0.39 is 5.91 Å². The third-order valence-corrected chi connectivity index (χ3v) is 2.58. The molecule has 0 saturated heterocycles. The van der Waals surface area contributed by atoms with Gasteiger partial charge in [-0.2, -0.15) is 5.10 Å². The second kappa shape index (κ2) is 6.35. The molecule has 2 aromatic rings. The van der Waals surface area contributed by atoms with Crippen molar-refractivity contribution in [1.82, 2.24) is 5.43 Å². The van der Waals surface area contributed by atoms with E-state index >= 15 is 0 Å². The van der Waals surface area contributed by atoms with E-state index in [1.54, 1.807) is 18.3 Å². The van der Waals surface area contributed by atoms with E-state index in [1.165, 1.54) is 12.1 Å². The molecule has 0 bridgehead atoms. The summed E-state index contributed by atoms with van der Waals surface area (Å²) in [5.41, 5.74) is 3.70. The summed E-state index contributed by atoms with van der Waals surface area (Å²) in [6, 6.07) is 16.1. The molecular weight excluding hydrogens is 240 g/mol. The Hall–Kier alpha value is -2.62. The molecule has 0 unspecified atom stereocenters. The van der Waals surface area contributed by atoms with Crippen molar-refractivity contribution >= 4 is 12.1 Å². The zero-order valence-corrected chi connectivity index (χ0v) is 10.3. The molecule has 0 fully saturated rings. The Morgan fingerprint density at radius 3 is 2.53 bits per heavy atom. The Balaban J connectivity index is 1.89. The number of rotatable bonds is 4. The van der Waals surface area contributed by atoms with E-state index in [0.717, 1.165) is 5.56 Å². The van der Waals surface area contributed by atoms with Crippen LogP contribution in [0, 0.1) is 0 Å². The Bertz CT molecular complexity index is 580. The summed E-state index contributed by atoms with van der Waals surface area (Å²) in [7, 11) is 0. The number of carbonyl (C=O) groups is 1. The number of benzene rings is 2. The maximum absolute atomic E-state index is 11.7. The second-order valence-corrected chi connectivity index (χ2v) is 3.96. The first-order valence-corrected chi connectivity index (χ1v) is 5.91. The minimum absolute atomic E-state index is 0.0572. The van der Waals surface area contributed by atoms with E-state index in [1.807, 2.05) is 30.3 Å². The molecule has 19 heavy (non-hydrogen) atoms. The molecule has 0 aromatic heterocycles. The standard InChI is InChI=1S/C15H14N2O2/c18-14-9-5-4-8-13(14)15(19)17-16-11-10-12-6-2-1-3-7-12/h1-9,11,18H,10H2,(H,17,19). The van der Waals surface area contributed by atoms with Crippen LogP contribution in [0.5, 0.6) is 5.75 Å². The maximum Gasteiger partial charge on any atom is 0.275 e. The van der Waals surface area contributed by atoms with Crippen molar-refractivity contribution in [1.29, 1.82) is 0 Å². The first-order valence-electron chi connectivity index (χ1n) is 5.91. The number of hydrogen-bond donors (Lipinski definition) is 2. The summed E-state index contributed by atoms with van der Waals surface area (Å²) in [5.74, 6) is -0.485. The van der Waals surface area contributed by atoms with E-state index in [9.17, 15) is 9.90 Å². The van der Waals surface area contributed by atoms with Crippen LogP contribution in [-0.4, -0.2) is 17.2 Å². The predicted octanol–water partition coefficient (Wildman–Crippen LogP) is 2.35. The number of nitrogens with one attached hydrogen (secondary N) is 1. The molecule has 0 atom stereocenters. The van der Waals surface area contributed by atoms with Crippen LogP contribution >= 0.6 is 0 Å². The summed E-state index contributed by atoms with van der Waals surface area (Å²) in [5, 5.41) is 13.4. The van der Waals surface area contributed by atoms with E-state index in [0.29, 0.717) is 6.42 Å². The van der Waals surface area contributed by atoms with Crippen LogP contribution in [0.2, 0.25) is 0 Å². The molecule has 4 nitrogen and oxygen atoms in total. The Kier molecular flexibility index (Phi) is 4.29. The molecule has 2 rings (SSSR count). The first kappa shape index (κ1) is 12.8. The third kappa shape index (κ3) is 3.67. The van der Waals surface area contributed by atoms with Crippen LogP contribution in [0.3, 0.4) is 0 Å². The molecular formula is C15H14N2O2. The fraction of sp³-hybridized carbons (Fsp3) is 0.0667.